The molecule has 4 heteroatoms. The molecule has 1 aliphatic heterocycles. The Hall–Kier alpha value is -1.89. The van der Waals surface area contributed by atoms with Crippen LogP contribution in [0.1, 0.15) is 49.2 Å². The van der Waals surface area contributed by atoms with Crippen molar-refractivity contribution in [1.82, 2.24) is 9.88 Å². The zero-order valence-electron chi connectivity index (χ0n) is 10.8. The molecule has 1 saturated heterocycles. The summed E-state index contributed by atoms with van der Waals surface area (Å²) in [6.45, 7) is 4.16. The number of hydrogen-bond donors (Lipinski definition) is 0. The average Bonchev–Trinajstić information content (AvgIpc) is 2.38. The lowest BCUT2D eigenvalue weighted by Crippen LogP contribution is -2.47. The van der Waals surface area contributed by atoms with Crippen molar-refractivity contribution in [2.75, 3.05) is 0 Å². The Morgan fingerprint density at radius 2 is 2.06 bits per heavy atom. The van der Waals surface area contributed by atoms with Gasteiger partial charge in [0.05, 0.1) is 5.56 Å². The van der Waals surface area contributed by atoms with Crippen molar-refractivity contribution in [2.24, 2.45) is 0 Å². The minimum Gasteiger partial charge on any atom is -0.332 e. The summed E-state index contributed by atoms with van der Waals surface area (Å²) in [5, 5.41) is 8.71. The number of carbonyl (C=O) groups is 1. The van der Waals surface area contributed by atoms with Crippen LogP contribution in [0, 0.1) is 11.3 Å². The Labute approximate surface area is 107 Å². The van der Waals surface area contributed by atoms with Gasteiger partial charge in [-0.2, -0.15) is 5.26 Å². The van der Waals surface area contributed by atoms with Crippen molar-refractivity contribution >= 4 is 5.91 Å². The maximum Gasteiger partial charge on any atom is 0.272 e. The summed E-state index contributed by atoms with van der Waals surface area (Å²) in [4.78, 5) is 18.4. The van der Waals surface area contributed by atoms with Crippen molar-refractivity contribution in [3.05, 3.63) is 29.6 Å². The van der Waals surface area contributed by atoms with E-state index in [0.717, 1.165) is 12.8 Å². The topological polar surface area (TPSA) is 57.0 Å². The number of nitrogens with zero attached hydrogens (tertiary/aromatic N) is 3. The number of nitriles is 1. The van der Waals surface area contributed by atoms with Gasteiger partial charge in [0.25, 0.3) is 5.91 Å². The summed E-state index contributed by atoms with van der Waals surface area (Å²) in [6, 6.07) is 5.80. The number of aromatic nitrogens is 1. The molecule has 2 unspecified atom stereocenters. The lowest BCUT2D eigenvalue weighted by Gasteiger charge is -2.38. The summed E-state index contributed by atoms with van der Waals surface area (Å²) in [7, 11) is 0. The van der Waals surface area contributed by atoms with Gasteiger partial charge in [0.15, 0.2) is 0 Å². The molecule has 0 N–H and O–H groups in total. The summed E-state index contributed by atoms with van der Waals surface area (Å²) in [5.74, 6) is -0.0285. The third-order valence-corrected chi connectivity index (χ3v) is 3.54. The Morgan fingerprint density at radius 1 is 1.39 bits per heavy atom. The second-order valence-electron chi connectivity index (χ2n) is 4.89. The van der Waals surface area contributed by atoms with Crippen LogP contribution < -0.4 is 0 Å². The van der Waals surface area contributed by atoms with E-state index in [1.54, 1.807) is 12.1 Å². The van der Waals surface area contributed by atoms with Crippen LogP contribution in [0.4, 0.5) is 0 Å². The molecule has 0 radical (unpaired) electrons. The molecule has 1 aromatic rings. The molecule has 1 aromatic heterocycles. The fourth-order valence-electron chi connectivity index (χ4n) is 2.54. The molecule has 0 aromatic carbocycles. The highest BCUT2D eigenvalue weighted by Crippen LogP contribution is 2.24. The molecule has 4 nitrogen and oxygen atoms in total. The highest BCUT2D eigenvalue weighted by molar-refractivity contribution is 5.92. The summed E-state index contributed by atoms with van der Waals surface area (Å²) < 4.78 is 0. The first-order valence-electron chi connectivity index (χ1n) is 6.32. The largest absolute Gasteiger partial charge is 0.332 e. The van der Waals surface area contributed by atoms with Gasteiger partial charge in [-0.1, -0.05) is 0 Å². The van der Waals surface area contributed by atoms with Gasteiger partial charge in [-0.25, -0.2) is 4.98 Å². The van der Waals surface area contributed by atoms with E-state index in [0.29, 0.717) is 11.3 Å². The number of hydrogen-bond acceptors (Lipinski definition) is 3. The van der Waals surface area contributed by atoms with E-state index in [9.17, 15) is 4.79 Å². The second kappa shape index (κ2) is 5.18. The maximum absolute atomic E-state index is 12.4. The number of amides is 1. The first kappa shape index (κ1) is 12.6. The van der Waals surface area contributed by atoms with Gasteiger partial charge in [-0.3, -0.25) is 4.79 Å². The highest BCUT2D eigenvalue weighted by atomic mass is 16.2. The van der Waals surface area contributed by atoms with Crippen molar-refractivity contribution in [3.63, 3.8) is 0 Å². The van der Waals surface area contributed by atoms with E-state index >= 15 is 0 Å². The standard InChI is InChI=1S/C14H17N3O/c1-10-4-3-5-11(2)17(10)14(18)13-7-6-12(8-15)9-16-13/h6-7,9-11H,3-5H2,1-2H3. The third-order valence-electron chi connectivity index (χ3n) is 3.54. The molecule has 0 saturated carbocycles. The molecule has 18 heavy (non-hydrogen) atoms. The number of carbonyl (C=O) groups excluding carboxylic acids is 1. The summed E-state index contributed by atoms with van der Waals surface area (Å²) >= 11 is 0. The van der Waals surface area contributed by atoms with Crippen LogP contribution in [0.3, 0.4) is 0 Å². The quantitative estimate of drug-likeness (QED) is 0.760. The van der Waals surface area contributed by atoms with Crippen molar-refractivity contribution in [3.8, 4) is 6.07 Å². The minimum absolute atomic E-state index is 0.0285. The molecule has 1 fully saturated rings. The number of rotatable bonds is 1. The monoisotopic (exact) mass is 243 g/mol. The minimum atomic E-state index is -0.0285. The maximum atomic E-state index is 12.4. The number of pyridine rings is 1. The van der Waals surface area contributed by atoms with E-state index in [-0.39, 0.29) is 18.0 Å². The number of likely N-dealkylation sites (tertiary alicyclic amines) is 1. The lowest BCUT2D eigenvalue weighted by atomic mass is 9.97. The van der Waals surface area contributed by atoms with Gasteiger partial charge < -0.3 is 4.90 Å². The zero-order chi connectivity index (χ0) is 13.1. The van der Waals surface area contributed by atoms with Crippen LogP contribution in [0.25, 0.3) is 0 Å². The first-order valence-corrected chi connectivity index (χ1v) is 6.32. The Bertz CT molecular complexity index is 465. The van der Waals surface area contributed by atoms with E-state index in [1.165, 1.54) is 12.6 Å². The lowest BCUT2D eigenvalue weighted by molar-refractivity contribution is 0.0504. The van der Waals surface area contributed by atoms with Gasteiger partial charge >= 0.3 is 0 Å². The van der Waals surface area contributed by atoms with Crippen LogP contribution in [0.15, 0.2) is 18.3 Å². The van der Waals surface area contributed by atoms with Crippen molar-refractivity contribution in [1.29, 1.82) is 5.26 Å². The molecule has 0 spiro atoms. The van der Waals surface area contributed by atoms with Gasteiger partial charge in [0, 0.05) is 18.3 Å². The van der Waals surface area contributed by atoms with E-state index < -0.39 is 0 Å². The van der Waals surface area contributed by atoms with Crippen LogP contribution in [-0.2, 0) is 0 Å². The zero-order valence-corrected chi connectivity index (χ0v) is 10.8. The van der Waals surface area contributed by atoms with Gasteiger partial charge in [-0.15, -0.1) is 0 Å². The van der Waals surface area contributed by atoms with E-state index in [1.807, 2.05) is 11.0 Å². The van der Waals surface area contributed by atoms with Crippen LogP contribution in [-0.4, -0.2) is 27.9 Å². The molecule has 1 amide bonds. The predicted molar refractivity (Wildman–Crippen MR) is 67.9 cm³/mol. The van der Waals surface area contributed by atoms with Crippen LogP contribution >= 0.6 is 0 Å². The molecule has 2 rings (SSSR count). The molecular weight excluding hydrogens is 226 g/mol. The fraction of sp³-hybridized carbons (Fsp3) is 0.500. The predicted octanol–water partition coefficient (Wildman–Crippen LogP) is 2.36. The smallest absolute Gasteiger partial charge is 0.272 e. The number of piperidine rings is 1. The van der Waals surface area contributed by atoms with Gasteiger partial charge in [0.1, 0.15) is 11.8 Å². The van der Waals surface area contributed by atoms with E-state index in [4.69, 9.17) is 5.26 Å². The highest BCUT2D eigenvalue weighted by Gasteiger charge is 2.30. The van der Waals surface area contributed by atoms with Crippen LogP contribution in [0.5, 0.6) is 0 Å². The Balaban J connectivity index is 2.21. The molecule has 2 heterocycles. The normalized spacial score (nSPS) is 23.5. The SMILES string of the molecule is CC1CCCC(C)N1C(=O)c1ccc(C#N)cn1. The van der Waals surface area contributed by atoms with Gasteiger partial charge in [-0.05, 0) is 45.2 Å². The Kier molecular flexibility index (Phi) is 3.61. The van der Waals surface area contributed by atoms with Crippen LogP contribution in [0.2, 0.25) is 0 Å². The average molecular weight is 243 g/mol. The fourth-order valence-corrected chi connectivity index (χ4v) is 2.54. The third kappa shape index (κ3) is 2.35. The molecule has 94 valence electrons. The molecular formula is C14H17N3O. The summed E-state index contributed by atoms with van der Waals surface area (Å²) in [5.41, 5.74) is 0.904. The second-order valence-corrected chi connectivity index (χ2v) is 4.89. The van der Waals surface area contributed by atoms with Crippen molar-refractivity contribution in [2.45, 2.75) is 45.2 Å². The van der Waals surface area contributed by atoms with Gasteiger partial charge in [0.2, 0.25) is 0 Å². The van der Waals surface area contributed by atoms with Crippen molar-refractivity contribution < 1.29 is 4.79 Å². The molecule has 0 bridgehead atoms. The van der Waals surface area contributed by atoms with E-state index in [2.05, 4.69) is 18.8 Å². The molecule has 0 aliphatic carbocycles. The molecule has 1 aliphatic rings. The first-order chi connectivity index (χ1) is 8.63. The Morgan fingerprint density at radius 3 is 2.56 bits per heavy atom. The molecule has 2 atom stereocenters. The summed E-state index contributed by atoms with van der Waals surface area (Å²) in [6.07, 6.45) is 4.72.